The molecular weight excluding hydrogens is 306 g/mol. The average Bonchev–Trinajstić information content (AvgIpc) is 3.03. The van der Waals surface area contributed by atoms with Crippen LogP contribution in [0.4, 0.5) is 5.69 Å². The lowest BCUT2D eigenvalue weighted by Gasteiger charge is -2.10. The molecule has 0 fully saturated rings. The molecule has 10 heteroatoms. The summed E-state index contributed by atoms with van der Waals surface area (Å²) >= 11 is 1.26. The molecule has 1 atom stereocenters. The second kappa shape index (κ2) is 5.64. The van der Waals surface area contributed by atoms with E-state index in [1.165, 1.54) is 16.4 Å². The van der Waals surface area contributed by atoms with Gasteiger partial charge < -0.3 is 15.3 Å². The predicted molar refractivity (Wildman–Crippen MR) is 81.7 cm³/mol. The Labute approximate surface area is 128 Å². The number of hydrogen-bond donors (Lipinski definition) is 3. The third-order valence-electron chi connectivity index (χ3n) is 3.02. The third-order valence-corrected chi connectivity index (χ3v) is 4.14. The van der Waals surface area contributed by atoms with Crippen molar-refractivity contribution in [2.75, 3.05) is 5.32 Å². The highest BCUT2D eigenvalue weighted by Gasteiger charge is 2.18. The van der Waals surface area contributed by atoms with Crippen LogP contribution in [0.5, 0.6) is 0 Å². The number of rotatable bonds is 4. The summed E-state index contributed by atoms with van der Waals surface area (Å²) in [5, 5.41) is 14.1. The second-order valence-corrected chi connectivity index (χ2v) is 5.98. The first kappa shape index (κ1) is 14.3. The molecule has 3 aromatic rings. The molecule has 1 aromatic carbocycles. The van der Waals surface area contributed by atoms with Crippen molar-refractivity contribution in [2.24, 2.45) is 7.05 Å². The van der Waals surface area contributed by atoms with Gasteiger partial charge >= 0.3 is 5.69 Å². The van der Waals surface area contributed by atoms with E-state index < -0.39 is 0 Å². The molecule has 0 bridgehead atoms. The molecule has 2 aromatic heterocycles. The van der Waals surface area contributed by atoms with Gasteiger partial charge in [-0.15, -0.1) is 5.10 Å². The summed E-state index contributed by atoms with van der Waals surface area (Å²) in [6, 6.07) is 5.16. The van der Waals surface area contributed by atoms with Crippen LogP contribution in [-0.4, -0.2) is 41.3 Å². The maximum atomic E-state index is 12.2. The van der Waals surface area contributed by atoms with Gasteiger partial charge in [0.1, 0.15) is 0 Å². The van der Waals surface area contributed by atoms with E-state index >= 15 is 0 Å². The van der Waals surface area contributed by atoms with Crippen LogP contribution in [0.15, 0.2) is 28.2 Å². The van der Waals surface area contributed by atoms with E-state index in [2.05, 4.69) is 30.8 Å². The van der Waals surface area contributed by atoms with Crippen LogP contribution in [0.2, 0.25) is 0 Å². The predicted octanol–water partition coefficient (Wildman–Crippen LogP) is 0.499. The first-order valence-corrected chi connectivity index (χ1v) is 7.33. The molecule has 9 nitrogen and oxygen atoms in total. The van der Waals surface area contributed by atoms with Gasteiger partial charge in [-0.3, -0.25) is 4.79 Å². The fourth-order valence-electron chi connectivity index (χ4n) is 1.89. The first-order valence-electron chi connectivity index (χ1n) is 6.45. The lowest BCUT2D eigenvalue weighted by molar-refractivity contribution is -0.115. The summed E-state index contributed by atoms with van der Waals surface area (Å²) in [7, 11) is 1.71. The van der Waals surface area contributed by atoms with Gasteiger partial charge in [0.25, 0.3) is 0 Å². The van der Waals surface area contributed by atoms with Crippen molar-refractivity contribution in [3.05, 3.63) is 28.7 Å². The number of benzene rings is 1. The van der Waals surface area contributed by atoms with Crippen LogP contribution in [-0.2, 0) is 11.8 Å². The van der Waals surface area contributed by atoms with E-state index in [-0.39, 0.29) is 16.8 Å². The number of fused-ring (bicyclic) bond motifs is 1. The number of tetrazole rings is 1. The van der Waals surface area contributed by atoms with Crippen molar-refractivity contribution in [3.63, 3.8) is 0 Å². The lowest BCUT2D eigenvalue weighted by atomic mass is 10.2. The summed E-state index contributed by atoms with van der Waals surface area (Å²) in [5.74, 6) is -0.176. The van der Waals surface area contributed by atoms with Crippen LogP contribution in [0.25, 0.3) is 11.0 Å². The largest absolute Gasteiger partial charge is 0.325 e. The SMILES string of the molecule is C[C@@H](Sc1nnnn1C)C(=O)Nc1ccc2[nH]c(=O)[nH]c2c1. The van der Waals surface area contributed by atoms with Gasteiger partial charge in [0, 0.05) is 12.7 Å². The van der Waals surface area contributed by atoms with Gasteiger partial charge in [0.15, 0.2) is 0 Å². The Bertz CT molecular complexity index is 881. The molecule has 0 aliphatic carbocycles. The number of H-pyrrole nitrogens is 2. The van der Waals surface area contributed by atoms with E-state index in [0.717, 1.165) is 0 Å². The Morgan fingerprint density at radius 3 is 2.86 bits per heavy atom. The highest BCUT2D eigenvalue weighted by atomic mass is 32.2. The normalized spacial score (nSPS) is 12.5. The summed E-state index contributed by atoms with van der Waals surface area (Å²) in [5.41, 5.74) is 1.66. The van der Waals surface area contributed by atoms with Crippen LogP contribution in [0, 0.1) is 0 Å². The molecule has 3 rings (SSSR count). The number of aryl methyl sites for hydroxylation is 1. The van der Waals surface area contributed by atoms with Gasteiger partial charge in [0.2, 0.25) is 11.1 Å². The Balaban J connectivity index is 1.71. The molecule has 0 radical (unpaired) electrons. The Morgan fingerprint density at radius 2 is 2.14 bits per heavy atom. The van der Waals surface area contributed by atoms with Gasteiger partial charge in [-0.2, -0.15) is 0 Å². The third kappa shape index (κ3) is 2.86. The second-order valence-electron chi connectivity index (χ2n) is 4.67. The molecule has 1 amide bonds. The summed E-state index contributed by atoms with van der Waals surface area (Å²) in [4.78, 5) is 28.7. The summed E-state index contributed by atoms with van der Waals surface area (Å²) in [6.45, 7) is 1.77. The Kier molecular flexibility index (Phi) is 3.67. The number of aromatic amines is 2. The average molecular weight is 319 g/mol. The van der Waals surface area contributed by atoms with E-state index in [9.17, 15) is 9.59 Å². The number of anilines is 1. The zero-order valence-corrected chi connectivity index (χ0v) is 12.6. The van der Waals surface area contributed by atoms with Gasteiger partial charge in [-0.25, -0.2) is 9.48 Å². The number of nitrogens with zero attached hydrogens (tertiary/aromatic N) is 4. The molecule has 22 heavy (non-hydrogen) atoms. The molecule has 0 spiro atoms. The molecule has 114 valence electrons. The van der Waals surface area contributed by atoms with Gasteiger partial charge in [-0.05, 0) is 35.5 Å². The molecule has 0 unspecified atom stereocenters. The molecular formula is C12H13N7O2S. The summed E-state index contributed by atoms with van der Waals surface area (Å²) in [6.07, 6.45) is 0. The highest BCUT2D eigenvalue weighted by molar-refractivity contribution is 8.00. The van der Waals surface area contributed by atoms with Crippen molar-refractivity contribution >= 4 is 34.4 Å². The van der Waals surface area contributed by atoms with Crippen molar-refractivity contribution < 1.29 is 4.79 Å². The fourth-order valence-corrected chi connectivity index (χ4v) is 2.64. The number of hydrogen-bond acceptors (Lipinski definition) is 6. The molecule has 0 aliphatic heterocycles. The van der Waals surface area contributed by atoms with E-state index in [4.69, 9.17) is 0 Å². The van der Waals surface area contributed by atoms with Crippen LogP contribution in [0.3, 0.4) is 0 Å². The van der Waals surface area contributed by atoms with Crippen LogP contribution in [0.1, 0.15) is 6.92 Å². The summed E-state index contributed by atoms with van der Waals surface area (Å²) < 4.78 is 1.51. The maximum absolute atomic E-state index is 12.2. The molecule has 0 aliphatic rings. The van der Waals surface area contributed by atoms with Gasteiger partial charge in [0.05, 0.1) is 16.3 Å². The molecule has 3 N–H and O–H groups in total. The van der Waals surface area contributed by atoms with E-state index in [1.54, 1.807) is 32.2 Å². The molecule has 0 saturated carbocycles. The lowest BCUT2D eigenvalue weighted by Crippen LogP contribution is -2.22. The van der Waals surface area contributed by atoms with Crippen molar-refractivity contribution in [1.82, 2.24) is 30.2 Å². The minimum atomic E-state index is -0.370. The van der Waals surface area contributed by atoms with Crippen molar-refractivity contribution in [3.8, 4) is 0 Å². The maximum Gasteiger partial charge on any atom is 0.323 e. The van der Waals surface area contributed by atoms with Crippen LogP contribution >= 0.6 is 11.8 Å². The number of carbonyl (C=O) groups excluding carboxylic acids is 1. The Morgan fingerprint density at radius 1 is 1.36 bits per heavy atom. The smallest absolute Gasteiger partial charge is 0.323 e. The monoisotopic (exact) mass is 319 g/mol. The zero-order chi connectivity index (χ0) is 15.7. The van der Waals surface area contributed by atoms with Gasteiger partial charge in [-0.1, -0.05) is 11.8 Å². The number of imidazole rings is 1. The zero-order valence-electron chi connectivity index (χ0n) is 11.8. The minimum absolute atomic E-state index is 0.176. The number of amides is 1. The topological polar surface area (TPSA) is 121 Å². The highest BCUT2D eigenvalue weighted by Crippen LogP contribution is 2.21. The number of aromatic nitrogens is 6. The molecule has 0 saturated heterocycles. The Hall–Kier alpha value is -2.62. The number of nitrogens with one attached hydrogen (secondary N) is 3. The van der Waals surface area contributed by atoms with Crippen LogP contribution < -0.4 is 11.0 Å². The minimum Gasteiger partial charge on any atom is -0.325 e. The fraction of sp³-hybridized carbons (Fsp3) is 0.250. The van der Waals surface area contributed by atoms with Crippen molar-refractivity contribution in [1.29, 1.82) is 0 Å². The van der Waals surface area contributed by atoms with E-state index in [0.29, 0.717) is 21.9 Å². The quantitative estimate of drug-likeness (QED) is 0.602. The van der Waals surface area contributed by atoms with Crippen molar-refractivity contribution in [2.45, 2.75) is 17.3 Å². The number of carbonyl (C=O) groups is 1. The first-order chi connectivity index (χ1) is 10.5. The van der Waals surface area contributed by atoms with E-state index in [1.807, 2.05) is 0 Å². The number of thioether (sulfide) groups is 1. The standard InChI is InChI=1S/C12H13N7O2S/c1-6(22-12-16-17-18-19(12)2)10(20)13-7-3-4-8-9(5-7)15-11(21)14-8/h3-6H,1-2H3,(H,13,20)(H2,14,15,21)/t6-/m1/s1. The molecule has 2 heterocycles.